The van der Waals surface area contributed by atoms with Crippen LogP contribution < -0.4 is 19.9 Å². The summed E-state index contributed by atoms with van der Waals surface area (Å²) in [5.41, 5.74) is 3.66. The Morgan fingerprint density at radius 3 is 2.63 bits per heavy atom. The number of hydrogen-bond acceptors (Lipinski definition) is 4. The number of hydrogen-bond donors (Lipinski definition) is 1. The molecule has 2 aromatic carbocycles. The maximum atomic E-state index is 12.8. The molecule has 2 aliphatic heterocycles. The number of rotatable bonds is 4. The maximum absolute atomic E-state index is 12.8. The van der Waals surface area contributed by atoms with Crippen LogP contribution in [0.15, 0.2) is 48.5 Å². The number of amides is 1. The number of methoxy groups -OCH3 is 1. The molecule has 4 rings (SSSR count). The molecule has 142 valence electrons. The fraction of sp³-hybridized carbons (Fsp3) is 0.409. The van der Waals surface area contributed by atoms with Gasteiger partial charge in [0.15, 0.2) is 0 Å². The van der Waals surface area contributed by atoms with Gasteiger partial charge >= 0.3 is 0 Å². The topological polar surface area (TPSA) is 44.8 Å². The summed E-state index contributed by atoms with van der Waals surface area (Å²) in [6, 6.07) is 16.8. The zero-order chi connectivity index (χ0) is 18.8. The lowest BCUT2D eigenvalue weighted by Crippen LogP contribution is -2.61. The highest BCUT2D eigenvalue weighted by Gasteiger charge is 2.41. The van der Waals surface area contributed by atoms with E-state index < -0.39 is 0 Å². The van der Waals surface area contributed by atoms with E-state index in [2.05, 4.69) is 45.4 Å². The lowest BCUT2D eigenvalue weighted by Gasteiger charge is -2.49. The summed E-state index contributed by atoms with van der Waals surface area (Å²) >= 11 is 0. The summed E-state index contributed by atoms with van der Waals surface area (Å²) in [4.78, 5) is 17.6. The molecule has 27 heavy (non-hydrogen) atoms. The number of nitrogens with zero attached hydrogens (tertiary/aromatic N) is 2. The van der Waals surface area contributed by atoms with Crippen LogP contribution in [0.25, 0.3) is 0 Å². The molecule has 2 aliphatic rings. The molecule has 5 nitrogen and oxygen atoms in total. The number of benzene rings is 2. The van der Waals surface area contributed by atoms with Crippen LogP contribution in [0, 0.1) is 5.92 Å². The SMILES string of the molecule is CCNC(=O)C1Cc2ccccc2N2CCN(c3ccccc3OC)CC12. The fourth-order valence-electron chi connectivity index (χ4n) is 4.47. The van der Waals surface area contributed by atoms with Crippen molar-refractivity contribution in [3.05, 3.63) is 54.1 Å². The number of fused-ring (bicyclic) bond motifs is 3. The summed E-state index contributed by atoms with van der Waals surface area (Å²) < 4.78 is 5.57. The summed E-state index contributed by atoms with van der Waals surface area (Å²) in [7, 11) is 1.71. The molecule has 2 heterocycles. The van der Waals surface area contributed by atoms with Crippen LogP contribution >= 0.6 is 0 Å². The fourth-order valence-corrected chi connectivity index (χ4v) is 4.47. The van der Waals surface area contributed by atoms with Gasteiger partial charge in [0.25, 0.3) is 0 Å². The van der Waals surface area contributed by atoms with E-state index >= 15 is 0 Å². The number of carbonyl (C=O) groups excluding carboxylic acids is 1. The van der Waals surface area contributed by atoms with Gasteiger partial charge in [-0.25, -0.2) is 0 Å². The van der Waals surface area contributed by atoms with Gasteiger partial charge in [0, 0.05) is 31.9 Å². The van der Waals surface area contributed by atoms with Crippen LogP contribution in [0.4, 0.5) is 11.4 Å². The first-order valence-electron chi connectivity index (χ1n) is 9.73. The third-order valence-electron chi connectivity index (χ3n) is 5.74. The molecule has 2 atom stereocenters. The van der Waals surface area contributed by atoms with E-state index in [1.165, 1.54) is 11.3 Å². The van der Waals surface area contributed by atoms with Crippen LogP contribution in [0.5, 0.6) is 5.75 Å². The molecular weight excluding hydrogens is 338 g/mol. The highest BCUT2D eigenvalue weighted by Crippen LogP contribution is 2.38. The van der Waals surface area contributed by atoms with Crippen molar-refractivity contribution in [3.8, 4) is 5.75 Å². The first kappa shape index (κ1) is 17.7. The third-order valence-corrected chi connectivity index (χ3v) is 5.74. The van der Waals surface area contributed by atoms with Gasteiger partial charge in [-0.2, -0.15) is 0 Å². The average molecular weight is 365 g/mol. The van der Waals surface area contributed by atoms with Crippen molar-refractivity contribution < 1.29 is 9.53 Å². The van der Waals surface area contributed by atoms with Gasteiger partial charge in [0.1, 0.15) is 5.75 Å². The van der Waals surface area contributed by atoms with Crippen LogP contribution in [-0.2, 0) is 11.2 Å². The van der Waals surface area contributed by atoms with Gasteiger partial charge < -0.3 is 19.9 Å². The van der Waals surface area contributed by atoms with Crippen LogP contribution in [0.2, 0.25) is 0 Å². The number of carbonyl (C=O) groups is 1. The molecule has 1 N–H and O–H groups in total. The van der Waals surface area contributed by atoms with Crippen molar-refractivity contribution >= 4 is 17.3 Å². The number of nitrogens with one attached hydrogen (secondary N) is 1. The molecule has 0 saturated carbocycles. The standard InChI is InChI=1S/C22H27N3O2/c1-3-23-22(26)17-14-16-8-4-5-9-18(16)25-13-12-24(15-20(17)25)19-10-6-7-11-21(19)27-2/h4-11,17,20H,3,12-15H2,1-2H3,(H,23,26). The second kappa shape index (κ2) is 7.51. The van der Waals surface area contributed by atoms with Crippen molar-refractivity contribution in [1.82, 2.24) is 5.32 Å². The van der Waals surface area contributed by atoms with Gasteiger partial charge in [-0.05, 0) is 37.1 Å². The Hall–Kier alpha value is -2.69. The quantitative estimate of drug-likeness (QED) is 0.905. The molecule has 2 aromatic rings. The predicted octanol–water partition coefficient (Wildman–Crippen LogP) is 2.70. The van der Waals surface area contributed by atoms with Gasteiger partial charge in [-0.1, -0.05) is 30.3 Å². The van der Waals surface area contributed by atoms with Gasteiger partial charge in [0.2, 0.25) is 5.91 Å². The maximum Gasteiger partial charge on any atom is 0.225 e. The minimum Gasteiger partial charge on any atom is -0.495 e. The lowest BCUT2D eigenvalue weighted by molar-refractivity contribution is -0.125. The van der Waals surface area contributed by atoms with Crippen LogP contribution in [0.1, 0.15) is 12.5 Å². The molecule has 2 unspecified atom stereocenters. The van der Waals surface area contributed by atoms with Gasteiger partial charge in [0.05, 0.1) is 24.8 Å². The Morgan fingerprint density at radius 1 is 1.11 bits per heavy atom. The molecule has 0 aromatic heterocycles. The summed E-state index contributed by atoms with van der Waals surface area (Å²) in [6.45, 7) is 5.27. The zero-order valence-electron chi connectivity index (χ0n) is 16.0. The van der Waals surface area contributed by atoms with E-state index in [9.17, 15) is 4.79 Å². The Morgan fingerprint density at radius 2 is 1.85 bits per heavy atom. The summed E-state index contributed by atoms with van der Waals surface area (Å²) in [6.07, 6.45) is 0.795. The van der Waals surface area contributed by atoms with Crippen LogP contribution in [-0.4, -0.2) is 45.2 Å². The largest absolute Gasteiger partial charge is 0.495 e. The Bertz CT molecular complexity index is 823. The molecule has 0 spiro atoms. The summed E-state index contributed by atoms with van der Waals surface area (Å²) in [5, 5.41) is 3.05. The molecule has 0 bridgehead atoms. The number of ether oxygens (including phenoxy) is 1. The van der Waals surface area contributed by atoms with E-state index in [0.717, 1.165) is 37.5 Å². The lowest BCUT2D eigenvalue weighted by atomic mass is 9.83. The molecule has 1 saturated heterocycles. The van der Waals surface area contributed by atoms with E-state index in [1.54, 1.807) is 7.11 Å². The third kappa shape index (κ3) is 3.22. The minimum atomic E-state index is -0.0441. The number of piperazine rings is 1. The molecule has 0 aliphatic carbocycles. The van der Waals surface area contributed by atoms with Crippen molar-refractivity contribution in [2.75, 3.05) is 43.1 Å². The molecule has 0 radical (unpaired) electrons. The Labute approximate surface area is 160 Å². The predicted molar refractivity (Wildman–Crippen MR) is 109 cm³/mol. The monoisotopic (exact) mass is 365 g/mol. The average Bonchev–Trinajstić information content (AvgIpc) is 2.72. The second-order valence-electron chi connectivity index (χ2n) is 7.21. The van der Waals surface area contributed by atoms with E-state index in [-0.39, 0.29) is 17.9 Å². The van der Waals surface area contributed by atoms with Crippen molar-refractivity contribution in [2.45, 2.75) is 19.4 Å². The van der Waals surface area contributed by atoms with Crippen molar-refractivity contribution in [2.24, 2.45) is 5.92 Å². The van der Waals surface area contributed by atoms with E-state index in [0.29, 0.717) is 6.54 Å². The van der Waals surface area contributed by atoms with Crippen molar-refractivity contribution in [1.29, 1.82) is 0 Å². The highest BCUT2D eigenvalue weighted by molar-refractivity contribution is 5.82. The first-order chi connectivity index (χ1) is 13.2. The Balaban J connectivity index is 1.67. The van der Waals surface area contributed by atoms with Gasteiger partial charge in [-0.15, -0.1) is 0 Å². The summed E-state index contributed by atoms with van der Waals surface area (Å²) in [5.74, 6) is 0.998. The molecule has 5 heteroatoms. The Kier molecular flexibility index (Phi) is 4.92. The van der Waals surface area contributed by atoms with Crippen LogP contribution in [0.3, 0.4) is 0 Å². The minimum absolute atomic E-state index is 0.0441. The molecule has 1 amide bonds. The van der Waals surface area contributed by atoms with E-state index in [1.807, 2.05) is 25.1 Å². The van der Waals surface area contributed by atoms with E-state index in [4.69, 9.17) is 4.74 Å². The van der Waals surface area contributed by atoms with Gasteiger partial charge in [-0.3, -0.25) is 4.79 Å². The van der Waals surface area contributed by atoms with Crippen molar-refractivity contribution in [3.63, 3.8) is 0 Å². The molecule has 1 fully saturated rings. The normalized spacial score (nSPS) is 21.3. The molecular formula is C22H27N3O2. The second-order valence-corrected chi connectivity index (χ2v) is 7.21. The number of anilines is 2. The first-order valence-corrected chi connectivity index (χ1v) is 9.73. The number of para-hydroxylation sites is 3. The smallest absolute Gasteiger partial charge is 0.225 e. The highest BCUT2D eigenvalue weighted by atomic mass is 16.5. The zero-order valence-corrected chi connectivity index (χ0v) is 16.0.